The summed E-state index contributed by atoms with van der Waals surface area (Å²) in [4.78, 5) is 21.7. The van der Waals surface area contributed by atoms with Crippen molar-refractivity contribution >= 4 is 17.2 Å². The van der Waals surface area contributed by atoms with Crippen molar-refractivity contribution in [2.24, 2.45) is 5.92 Å². The quantitative estimate of drug-likeness (QED) is 0.601. The normalized spacial score (nSPS) is 14.4. The monoisotopic (exact) mass is 420 g/mol. The van der Waals surface area contributed by atoms with Crippen molar-refractivity contribution in [2.75, 3.05) is 38.3 Å². The summed E-state index contributed by atoms with van der Waals surface area (Å²) in [5.41, 5.74) is 6.31. The molecule has 1 amide bonds. The highest BCUT2D eigenvalue weighted by atomic mass is 16.5. The van der Waals surface area contributed by atoms with Gasteiger partial charge in [-0.2, -0.15) is 0 Å². The van der Waals surface area contributed by atoms with Gasteiger partial charge in [0.1, 0.15) is 5.65 Å². The first-order valence-electron chi connectivity index (χ1n) is 11.1. The first kappa shape index (κ1) is 21.4. The van der Waals surface area contributed by atoms with Crippen LogP contribution in [-0.2, 0) is 16.1 Å². The molecule has 164 valence electrons. The number of aryl methyl sites for hydroxylation is 1. The van der Waals surface area contributed by atoms with Crippen molar-refractivity contribution in [3.63, 3.8) is 0 Å². The molecule has 31 heavy (non-hydrogen) atoms. The summed E-state index contributed by atoms with van der Waals surface area (Å²) < 4.78 is 7.59. The van der Waals surface area contributed by atoms with Crippen LogP contribution in [0.15, 0.2) is 42.6 Å². The molecule has 1 saturated heterocycles. The maximum Gasteiger partial charge on any atom is 0.222 e. The Bertz CT molecular complexity index is 1050. The van der Waals surface area contributed by atoms with Gasteiger partial charge in [-0.25, -0.2) is 4.98 Å². The molecule has 1 aliphatic heterocycles. The second-order valence-corrected chi connectivity index (χ2v) is 8.84. The number of hydrogen-bond donors (Lipinski definition) is 0. The topological polar surface area (TPSA) is 50.1 Å². The molecule has 0 atom stereocenters. The second kappa shape index (κ2) is 9.10. The third kappa shape index (κ3) is 4.74. The number of morpholine rings is 1. The maximum absolute atomic E-state index is 12.6. The Labute approximate surface area is 184 Å². The predicted octanol–water partition coefficient (Wildman–Crippen LogP) is 4.15. The van der Waals surface area contributed by atoms with Gasteiger partial charge in [-0.05, 0) is 36.6 Å². The third-order valence-corrected chi connectivity index (χ3v) is 5.78. The van der Waals surface area contributed by atoms with Crippen molar-refractivity contribution in [1.29, 1.82) is 0 Å². The van der Waals surface area contributed by atoms with Crippen LogP contribution in [0, 0.1) is 12.8 Å². The molecule has 0 bridgehead atoms. The molecule has 1 fully saturated rings. The zero-order valence-electron chi connectivity index (χ0n) is 19.0. The first-order valence-corrected chi connectivity index (χ1v) is 11.1. The van der Waals surface area contributed by atoms with E-state index in [-0.39, 0.29) is 5.91 Å². The number of imidazole rings is 1. The molecule has 0 N–H and O–H groups in total. The van der Waals surface area contributed by atoms with Gasteiger partial charge in [0.2, 0.25) is 5.91 Å². The number of carbonyl (C=O) groups is 1. The van der Waals surface area contributed by atoms with Gasteiger partial charge in [-0.15, -0.1) is 0 Å². The van der Waals surface area contributed by atoms with Crippen LogP contribution in [0.1, 0.15) is 31.5 Å². The highest BCUT2D eigenvalue weighted by Crippen LogP contribution is 2.28. The highest BCUT2D eigenvalue weighted by molar-refractivity contribution is 5.77. The van der Waals surface area contributed by atoms with Crippen LogP contribution in [0.3, 0.4) is 0 Å². The van der Waals surface area contributed by atoms with Crippen LogP contribution >= 0.6 is 0 Å². The summed E-state index contributed by atoms with van der Waals surface area (Å²) in [5, 5.41) is 0. The van der Waals surface area contributed by atoms with Gasteiger partial charge in [0, 0.05) is 44.0 Å². The van der Waals surface area contributed by atoms with Gasteiger partial charge >= 0.3 is 0 Å². The number of pyridine rings is 1. The van der Waals surface area contributed by atoms with Crippen molar-refractivity contribution in [2.45, 2.75) is 33.7 Å². The number of carbonyl (C=O) groups excluding carboxylic acids is 1. The Morgan fingerprint density at radius 3 is 2.52 bits per heavy atom. The van der Waals surface area contributed by atoms with E-state index in [2.05, 4.69) is 66.6 Å². The number of anilines is 1. The average Bonchev–Trinajstić information content (AvgIpc) is 3.11. The summed E-state index contributed by atoms with van der Waals surface area (Å²) in [6.45, 7) is 10.1. The number of amides is 1. The minimum absolute atomic E-state index is 0.159. The largest absolute Gasteiger partial charge is 0.378 e. The minimum atomic E-state index is 0.159. The number of ether oxygens (including phenoxy) is 1. The SMILES string of the molecule is Cc1ccc2nc(-c3ccc(N4CCOCC4)cc3)c(CN(C)C(=O)CC(C)C)n2c1. The average molecular weight is 421 g/mol. The van der Waals surface area contributed by atoms with Crippen molar-refractivity contribution in [3.05, 3.63) is 53.9 Å². The molecule has 0 aliphatic carbocycles. The van der Waals surface area contributed by atoms with Gasteiger partial charge in [0.25, 0.3) is 0 Å². The molecule has 4 rings (SSSR count). The van der Waals surface area contributed by atoms with E-state index in [4.69, 9.17) is 9.72 Å². The molecular weight excluding hydrogens is 388 g/mol. The van der Waals surface area contributed by atoms with Crippen LogP contribution in [0.2, 0.25) is 0 Å². The molecule has 6 heteroatoms. The molecule has 6 nitrogen and oxygen atoms in total. The van der Waals surface area contributed by atoms with Gasteiger partial charge in [0.05, 0.1) is 31.1 Å². The maximum atomic E-state index is 12.6. The lowest BCUT2D eigenvalue weighted by atomic mass is 10.1. The van der Waals surface area contributed by atoms with Crippen LogP contribution in [-0.4, -0.2) is 53.5 Å². The molecule has 0 spiro atoms. The number of rotatable bonds is 6. The Kier molecular flexibility index (Phi) is 6.28. The van der Waals surface area contributed by atoms with Gasteiger partial charge in [-0.1, -0.05) is 32.0 Å². The molecule has 1 aromatic carbocycles. The Balaban J connectivity index is 1.68. The fourth-order valence-electron chi connectivity index (χ4n) is 4.05. The second-order valence-electron chi connectivity index (χ2n) is 8.84. The third-order valence-electron chi connectivity index (χ3n) is 5.78. The standard InChI is InChI=1S/C25H32N4O2/c1-18(2)15-24(30)27(4)17-22-25(26-23-10-5-19(3)16-29(22)23)20-6-8-21(9-7-20)28-11-13-31-14-12-28/h5-10,16,18H,11-15,17H2,1-4H3. The molecule has 3 aromatic rings. The number of hydrogen-bond acceptors (Lipinski definition) is 4. The van der Waals surface area contributed by atoms with Gasteiger partial charge in [-0.3, -0.25) is 4.79 Å². The Morgan fingerprint density at radius 2 is 1.84 bits per heavy atom. The summed E-state index contributed by atoms with van der Waals surface area (Å²) in [6, 6.07) is 12.7. The zero-order valence-corrected chi connectivity index (χ0v) is 19.0. The number of fused-ring (bicyclic) bond motifs is 1. The lowest BCUT2D eigenvalue weighted by molar-refractivity contribution is -0.131. The summed E-state index contributed by atoms with van der Waals surface area (Å²) in [6.07, 6.45) is 2.65. The van der Waals surface area contributed by atoms with E-state index < -0.39 is 0 Å². The van der Waals surface area contributed by atoms with E-state index in [1.807, 2.05) is 18.0 Å². The van der Waals surface area contributed by atoms with Gasteiger partial charge < -0.3 is 18.9 Å². The van der Waals surface area contributed by atoms with Crippen LogP contribution in [0.5, 0.6) is 0 Å². The number of benzene rings is 1. The highest BCUT2D eigenvalue weighted by Gasteiger charge is 2.19. The van der Waals surface area contributed by atoms with Crippen molar-refractivity contribution < 1.29 is 9.53 Å². The predicted molar refractivity (Wildman–Crippen MR) is 124 cm³/mol. The lowest BCUT2D eigenvalue weighted by Crippen LogP contribution is -2.36. The van der Waals surface area contributed by atoms with E-state index in [1.54, 1.807) is 0 Å². The van der Waals surface area contributed by atoms with Crippen LogP contribution < -0.4 is 4.90 Å². The zero-order chi connectivity index (χ0) is 22.0. The summed E-state index contributed by atoms with van der Waals surface area (Å²) in [7, 11) is 1.88. The molecule has 0 radical (unpaired) electrons. The number of nitrogens with zero attached hydrogens (tertiary/aromatic N) is 4. The lowest BCUT2D eigenvalue weighted by Gasteiger charge is -2.28. The molecule has 2 aromatic heterocycles. The van der Waals surface area contributed by atoms with E-state index in [1.165, 1.54) is 5.69 Å². The molecular formula is C25H32N4O2. The fourth-order valence-corrected chi connectivity index (χ4v) is 4.05. The molecule has 0 unspecified atom stereocenters. The summed E-state index contributed by atoms with van der Waals surface area (Å²) >= 11 is 0. The first-order chi connectivity index (χ1) is 14.9. The molecule has 3 heterocycles. The molecule has 1 aliphatic rings. The smallest absolute Gasteiger partial charge is 0.222 e. The van der Waals surface area contributed by atoms with Crippen LogP contribution in [0.25, 0.3) is 16.9 Å². The van der Waals surface area contributed by atoms with E-state index in [0.717, 1.165) is 54.5 Å². The van der Waals surface area contributed by atoms with Gasteiger partial charge in [0.15, 0.2) is 0 Å². The number of aromatic nitrogens is 2. The van der Waals surface area contributed by atoms with Crippen molar-refractivity contribution in [3.8, 4) is 11.3 Å². The van der Waals surface area contributed by atoms with E-state index in [0.29, 0.717) is 18.9 Å². The Morgan fingerprint density at radius 1 is 1.13 bits per heavy atom. The minimum Gasteiger partial charge on any atom is -0.378 e. The Hall–Kier alpha value is -2.86. The van der Waals surface area contributed by atoms with E-state index in [9.17, 15) is 4.79 Å². The molecule has 0 saturated carbocycles. The van der Waals surface area contributed by atoms with E-state index >= 15 is 0 Å². The summed E-state index contributed by atoms with van der Waals surface area (Å²) in [5.74, 6) is 0.498. The fraction of sp³-hybridized carbons (Fsp3) is 0.440. The van der Waals surface area contributed by atoms with Crippen LogP contribution in [0.4, 0.5) is 5.69 Å². The van der Waals surface area contributed by atoms with Crippen molar-refractivity contribution in [1.82, 2.24) is 14.3 Å².